The zero-order valence-electron chi connectivity index (χ0n) is 15.2. The second kappa shape index (κ2) is 7.59. The Morgan fingerprint density at radius 3 is 2.32 bits per heavy atom. The van der Waals surface area contributed by atoms with Gasteiger partial charge in [0.1, 0.15) is 5.82 Å². The van der Waals surface area contributed by atoms with Gasteiger partial charge in [-0.05, 0) is 36.1 Å². The molecule has 0 bridgehead atoms. The second-order valence-corrected chi connectivity index (χ2v) is 7.47. The van der Waals surface area contributed by atoms with Gasteiger partial charge in [0, 0.05) is 37.6 Å². The van der Waals surface area contributed by atoms with Crippen LogP contribution in [0.4, 0.5) is 19.0 Å². The predicted octanol–water partition coefficient (Wildman–Crippen LogP) is 3.19. The van der Waals surface area contributed by atoms with Gasteiger partial charge in [0.15, 0.2) is 5.65 Å². The first-order valence-electron chi connectivity index (χ1n) is 8.84. The number of halogens is 3. The summed E-state index contributed by atoms with van der Waals surface area (Å²) in [5.41, 5.74) is 1.34. The Labute approximate surface area is 164 Å². The molecule has 28 heavy (non-hydrogen) atoms. The van der Waals surface area contributed by atoms with Crippen molar-refractivity contribution in [3.05, 3.63) is 47.8 Å². The van der Waals surface area contributed by atoms with Crippen molar-refractivity contribution in [3.63, 3.8) is 0 Å². The summed E-state index contributed by atoms with van der Waals surface area (Å²) in [6.45, 7) is 3.89. The molecule has 1 saturated heterocycles. The highest BCUT2D eigenvalue weighted by molar-refractivity contribution is 7.98. The number of anilines is 1. The standard InChI is InChI=1S/C18H19F3N6S/c1-28-14-4-2-13(3-5-14)12-25-8-10-26(11-9-25)16-7-6-15-22-23-17(18(19,20)21)27(15)24-16/h2-7H,8-12H2,1H3. The molecule has 4 rings (SSSR count). The van der Waals surface area contributed by atoms with E-state index in [-0.39, 0.29) is 5.65 Å². The maximum absolute atomic E-state index is 13.0. The van der Waals surface area contributed by atoms with Gasteiger partial charge in [0.05, 0.1) is 0 Å². The van der Waals surface area contributed by atoms with E-state index >= 15 is 0 Å². The van der Waals surface area contributed by atoms with Crippen LogP contribution in [-0.2, 0) is 12.7 Å². The molecule has 0 spiro atoms. The molecule has 0 atom stereocenters. The van der Waals surface area contributed by atoms with Gasteiger partial charge in [-0.25, -0.2) is 0 Å². The molecule has 0 radical (unpaired) electrons. The number of hydrogen-bond acceptors (Lipinski definition) is 6. The lowest BCUT2D eigenvalue weighted by Gasteiger charge is -2.35. The van der Waals surface area contributed by atoms with Crippen molar-refractivity contribution in [2.45, 2.75) is 17.6 Å². The van der Waals surface area contributed by atoms with Gasteiger partial charge >= 0.3 is 6.18 Å². The van der Waals surface area contributed by atoms with E-state index in [1.165, 1.54) is 16.5 Å². The summed E-state index contributed by atoms with van der Waals surface area (Å²) in [6.07, 6.45) is -2.54. The molecular weight excluding hydrogens is 389 g/mol. The quantitative estimate of drug-likeness (QED) is 0.618. The fraction of sp³-hybridized carbons (Fsp3) is 0.389. The van der Waals surface area contributed by atoms with Crippen LogP contribution in [0.25, 0.3) is 5.65 Å². The summed E-state index contributed by atoms with van der Waals surface area (Å²) in [6, 6.07) is 11.7. The van der Waals surface area contributed by atoms with Gasteiger partial charge in [0.2, 0.25) is 0 Å². The average molecular weight is 408 g/mol. The Morgan fingerprint density at radius 2 is 1.68 bits per heavy atom. The molecule has 1 fully saturated rings. The van der Waals surface area contributed by atoms with E-state index in [4.69, 9.17) is 0 Å². The second-order valence-electron chi connectivity index (χ2n) is 6.59. The molecule has 3 aromatic rings. The molecule has 0 saturated carbocycles. The third-order valence-corrected chi connectivity index (χ3v) is 5.51. The highest BCUT2D eigenvalue weighted by Gasteiger charge is 2.37. The highest BCUT2D eigenvalue weighted by atomic mass is 32.2. The minimum absolute atomic E-state index is 0.0865. The molecule has 148 valence electrons. The van der Waals surface area contributed by atoms with Crippen LogP contribution in [0.3, 0.4) is 0 Å². The van der Waals surface area contributed by atoms with E-state index in [1.807, 2.05) is 4.90 Å². The van der Waals surface area contributed by atoms with E-state index in [0.717, 1.165) is 24.1 Å². The SMILES string of the molecule is CSc1ccc(CN2CCN(c3ccc4nnc(C(F)(F)F)n4n3)CC2)cc1. The van der Waals surface area contributed by atoms with Gasteiger partial charge in [-0.3, -0.25) is 4.90 Å². The monoisotopic (exact) mass is 408 g/mol. The van der Waals surface area contributed by atoms with E-state index in [2.05, 4.69) is 50.7 Å². The van der Waals surface area contributed by atoms with Crippen molar-refractivity contribution in [1.82, 2.24) is 24.7 Å². The predicted molar refractivity (Wildman–Crippen MR) is 101 cm³/mol. The van der Waals surface area contributed by atoms with Crippen LogP contribution < -0.4 is 4.90 Å². The molecule has 1 aliphatic heterocycles. The Morgan fingerprint density at radius 1 is 0.964 bits per heavy atom. The van der Waals surface area contributed by atoms with E-state index in [9.17, 15) is 13.2 Å². The number of benzene rings is 1. The van der Waals surface area contributed by atoms with Crippen molar-refractivity contribution in [1.29, 1.82) is 0 Å². The van der Waals surface area contributed by atoms with Gasteiger partial charge in [-0.2, -0.15) is 17.7 Å². The fourth-order valence-corrected chi connectivity index (χ4v) is 3.66. The van der Waals surface area contributed by atoms with Crippen molar-refractivity contribution in [2.24, 2.45) is 0 Å². The number of nitrogens with zero attached hydrogens (tertiary/aromatic N) is 6. The first-order valence-corrected chi connectivity index (χ1v) is 10.1. The first-order chi connectivity index (χ1) is 13.4. The van der Waals surface area contributed by atoms with E-state index in [1.54, 1.807) is 17.8 Å². The summed E-state index contributed by atoms with van der Waals surface area (Å²) < 4.78 is 39.9. The van der Waals surface area contributed by atoms with Gasteiger partial charge in [-0.1, -0.05) is 12.1 Å². The van der Waals surface area contributed by atoms with Crippen LogP contribution >= 0.6 is 11.8 Å². The normalized spacial score (nSPS) is 16.1. The van der Waals surface area contributed by atoms with Crippen molar-refractivity contribution in [3.8, 4) is 0 Å². The third kappa shape index (κ3) is 3.93. The van der Waals surface area contributed by atoms with Crippen molar-refractivity contribution in [2.75, 3.05) is 37.3 Å². The number of piperazine rings is 1. The Bertz CT molecular complexity index is 948. The Balaban J connectivity index is 1.43. The van der Waals surface area contributed by atoms with E-state index < -0.39 is 12.0 Å². The topological polar surface area (TPSA) is 49.6 Å². The molecule has 0 unspecified atom stereocenters. The summed E-state index contributed by atoms with van der Waals surface area (Å²) in [7, 11) is 0. The maximum Gasteiger partial charge on any atom is 0.453 e. The van der Waals surface area contributed by atoms with Gasteiger partial charge < -0.3 is 4.90 Å². The Hall–Kier alpha value is -2.33. The smallest absolute Gasteiger partial charge is 0.353 e. The van der Waals surface area contributed by atoms with Crippen LogP contribution in [0.2, 0.25) is 0 Å². The fourth-order valence-electron chi connectivity index (χ4n) is 3.25. The lowest BCUT2D eigenvalue weighted by Crippen LogP contribution is -2.46. The van der Waals surface area contributed by atoms with Crippen LogP contribution in [0.15, 0.2) is 41.3 Å². The molecule has 6 nitrogen and oxygen atoms in total. The molecule has 0 amide bonds. The number of thioether (sulfide) groups is 1. The minimum Gasteiger partial charge on any atom is -0.353 e. The maximum atomic E-state index is 13.0. The summed E-state index contributed by atoms with van der Waals surface area (Å²) >= 11 is 1.72. The molecule has 2 aromatic heterocycles. The van der Waals surface area contributed by atoms with Crippen LogP contribution in [0, 0.1) is 0 Å². The van der Waals surface area contributed by atoms with Gasteiger partial charge in [-0.15, -0.1) is 27.1 Å². The zero-order chi connectivity index (χ0) is 19.7. The molecular formula is C18H19F3N6S. The molecule has 0 N–H and O–H groups in total. The number of aromatic nitrogens is 4. The summed E-state index contributed by atoms with van der Waals surface area (Å²) in [5.74, 6) is -0.599. The summed E-state index contributed by atoms with van der Waals surface area (Å²) in [5, 5.41) is 10.9. The third-order valence-electron chi connectivity index (χ3n) is 4.76. The minimum atomic E-state index is -4.59. The molecule has 10 heteroatoms. The average Bonchev–Trinajstić information content (AvgIpc) is 3.13. The Kier molecular flexibility index (Phi) is 5.15. The number of alkyl halides is 3. The number of fused-ring (bicyclic) bond motifs is 1. The van der Waals surface area contributed by atoms with Crippen molar-refractivity contribution < 1.29 is 13.2 Å². The van der Waals surface area contributed by atoms with Crippen LogP contribution in [0.5, 0.6) is 0 Å². The van der Waals surface area contributed by atoms with Crippen LogP contribution in [0.1, 0.15) is 11.4 Å². The molecule has 1 aliphatic rings. The largest absolute Gasteiger partial charge is 0.453 e. The lowest BCUT2D eigenvalue weighted by molar-refractivity contribution is -0.146. The lowest BCUT2D eigenvalue weighted by atomic mass is 10.2. The van der Waals surface area contributed by atoms with E-state index in [0.29, 0.717) is 18.9 Å². The summed E-state index contributed by atoms with van der Waals surface area (Å²) in [4.78, 5) is 5.57. The number of hydrogen-bond donors (Lipinski definition) is 0. The molecule has 3 heterocycles. The highest BCUT2D eigenvalue weighted by Crippen LogP contribution is 2.28. The zero-order valence-corrected chi connectivity index (χ0v) is 16.0. The number of rotatable bonds is 4. The van der Waals surface area contributed by atoms with Crippen LogP contribution in [-0.4, -0.2) is 57.1 Å². The molecule has 0 aliphatic carbocycles. The van der Waals surface area contributed by atoms with Gasteiger partial charge in [0.25, 0.3) is 5.82 Å². The van der Waals surface area contributed by atoms with Crippen molar-refractivity contribution >= 4 is 23.2 Å². The first kappa shape index (κ1) is 19.0. The molecule has 1 aromatic carbocycles.